The monoisotopic (exact) mass is 377 g/mol. The Kier molecular flexibility index (Phi) is 6.21. The highest BCUT2D eigenvalue weighted by molar-refractivity contribution is 5.68. The van der Waals surface area contributed by atoms with Crippen molar-refractivity contribution in [3.8, 4) is 11.3 Å². The second-order valence-corrected chi connectivity index (χ2v) is 7.25. The van der Waals surface area contributed by atoms with E-state index in [-0.39, 0.29) is 18.6 Å². The lowest BCUT2D eigenvalue weighted by Gasteiger charge is -2.21. The van der Waals surface area contributed by atoms with Crippen LogP contribution in [0, 0.1) is 19.8 Å². The van der Waals surface area contributed by atoms with Crippen LogP contribution < -0.4 is 10.6 Å². The van der Waals surface area contributed by atoms with Crippen LogP contribution in [0.3, 0.4) is 0 Å². The third-order valence-corrected chi connectivity index (χ3v) is 4.89. The van der Waals surface area contributed by atoms with Crippen LogP contribution in [0.4, 0.5) is 17.5 Å². The quantitative estimate of drug-likeness (QED) is 0.568. The molecule has 3 aromatic rings. The molecule has 0 radical (unpaired) electrons. The minimum Gasteiger partial charge on any atom is -0.394 e. The molecule has 0 spiro atoms. The maximum atomic E-state index is 9.67. The molecule has 3 rings (SSSR count). The molecule has 146 valence electrons. The molecular weight excluding hydrogens is 350 g/mol. The van der Waals surface area contributed by atoms with Crippen molar-refractivity contribution in [1.82, 2.24) is 15.0 Å². The summed E-state index contributed by atoms with van der Waals surface area (Å²) in [6.45, 7) is 8.29. The second-order valence-electron chi connectivity index (χ2n) is 7.25. The highest BCUT2D eigenvalue weighted by atomic mass is 16.3. The average Bonchev–Trinajstić information content (AvgIpc) is 2.70. The van der Waals surface area contributed by atoms with Crippen LogP contribution >= 0.6 is 0 Å². The van der Waals surface area contributed by atoms with E-state index in [2.05, 4.69) is 59.3 Å². The van der Waals surface area contributed by atoms with Crippen LogP contribution in [-0.2, 0) is 0 Å². The number of hydrogen-bond donors (Lipinski definition) is 3. The van der Waals surface area contributed by atoms with Crippen LogP contribution in [0.15, 0.2) is 48.8 Å². The zero-order valence-electron chi connectivity index (χ0n) is 16.8. The summed E-state index contributed by atoms with van der Waals surface area (Å²) in [4.78, 5) is 13.4. The van der Waals surface area contributed by atoms with Crippen LogP contribution in [0.25, 0.3) is 11.3 Å². The van der Waals surface area contributed by atoms with Gasteiger partial charge in [-0.25, -0.2) is 4.98 Å². The Hall–Kier alpha value is -2.99. The fourth-order valence-corrected chi connectivity index (χ4v) is 2.86. The van der Waals surface area contributed by atoms with Gasteiger partial charge >= 0.3 is 0 Å². The molecule has 0 aliphatic rings. The molecule has 2 aromatic heterocycles. The summed E-state index contributed by atoms with van der Waals surface area (Å²) >= 11 is 0. The first kappa shape index (κ1) is 19.8. The Balaban J connectivity index is 2.00. The molecule has 0 saturated heterocycles. The molecule has 28 heavy (non-hydrogen) atoms. The smallest absolute Gasteiger partial charge is 0.225 e. The van der Waals surface area contributed by atoms with Gasteiger partial charge in [-0.15, -0.1) is 0 Å². The largest absolute Gasteiger partial charge is 0.394 e. The minimum atomic E-state index is -0.124. The number of aliphatic hydroxyl groups is 1. The van der Waals surface area contributed by atoms with E-state index in [4.69, 9.17) is 0 Å². The van der Waals surface area contributed by atoms with Crippen molar-refractivity contribution in [3.05, 3.63) is 59.9 Å². The number of hydrogen-bond acceptors (Lipinski definition) is 6. The Morgan fingerprint density at radius 3 is 2.46 bits per heavy atom. The van der Waals surface area contributed by atoms with E-state index in [1.807, 2.05) is 30.3 Å². The molecule has 6 heteroatoms. The third-order valence-electron chi connectivity index (χ3n) is 4.89. The summed E-state index contributed by atoms with van der Waals surface area (Å²) in [7, 11) is 0. The number of benzene rings is 1. The SMILES string of the molecule is Cc1cccc(Nc2cc(-c3ccncc3)nc(N[C@@H](CO)C(C)C)n2)c1C. The first-order valence-corrected chi connectivity index (χ1v) is 9.48. The summed E-state index contributed by atoms with van der Waals surface area (Å²) in [5.74, 6) is 1.42. The number of aryl methyl sites for hydroxylation is 1. The Labute approximate surface area is 166 Å². The van der Waals surface area contributed by atoms with E-state index in [1.165, 1.54) is 11.1 Å². The van der Waals surface area contributed by atoms with Crippen LogP contribution in [0.1, 0.15) is 25.0 Å². The predicted molar refractivity (Wildman–Crippen MR) is 114 cm³/mol. The van der Waals surface area contributed by atoms with E-state index in [0.717, 1.165) is 16.9 Å². The topological polar surface area (TPSA) is 83.0 Å². The number of aliphatic hydroxyl groups excluding tert-OH is 1. The van der Waals surface area contributed by atoms with Crippen molar-refractivity contribution in [2.75, 3.05) is 17.2 Å². The first-order chi connectivity index (χ1) is 13.5. The van der Waals surface area contributed by atoms with Crippen molar-refractivity contribution >= 4 is 17.5 Å². The normalized spacial score (nSPS) is 12.1. The summed E-state index contributed by atoms with van der Waals surface area (Å²) in [5, 5.41) is 16.4. The highest BCUT2D eigenvalue weighted by Gasteiger charge is 2.15. The van der Waals surface area contributed by atoms with Gasteiger partial charge in [0.25, 0.3) is 0 Å². The molecule has 0 unspecified atom stereocenters. The van der Waals surface area contributed by atoms with Crippen molar-refractivity contribution < 1.29 is 5.11 Å². The average molecular weight is 377 g/mol. The molecule has 1 aromatic carbocycles. The van der Waals surface area contributed by atoms with Crippen LogP contribution in [0.5, 0.6) is 0 Å². The third kappa shape index (κ3) is 4.64. The number of rotatable bonds is 7. The number of nitrogens with zero attached hydrogens (tertiary/aromatic N) is 3. The molecule has 0 aliphatic heterocycles. The molecule has 0 bridgehead atoms. The van der Waals surface area contributed by atoms with Gasteiger partial charge in [0.05, 0.1) is 18.3 Å². The summed E-state index contributed by atoms with van der Waals surface area (Å²) in [5.41, 5.74) is 5.14. The number of anilines is 3. The molecule has 1 atom stereocenters. The van der Waals surface area contributed by atoms with E-state index >= 15 is 0 Å². The van der Waals surface area contributed by atoms with Crippen LogP contribution in [-0.4, -0.2) is 32.7 Å². The highest BCUT2D eigenvalue weighted by Crippen LogP contribution is 2.26. The maximum Gasteiger partial charge on any atom is 0.225 e. The predicted octanol–water partition coefficient (Wildman–Crippen LogP) is 4.33. The van der Waals surface area contributed by atoms with Crippen molar-refractivity contribution in [1.29, 1.82) is 0 Å². The molecule has 0 fully saturated rings. The van der Waals surface area contributed by atoms with Gasteiger partial charge in [-0.05, 0) is 49.1 Å². The summed E-state index contributed by atoms with van der Waals surface area (Å²) in [6, 6.07) is 11.8. The second kappa shape index (κ2) is 8.80. The van der Waals surface area contributed by atoms with E-state index in [1.54, 1.807) is 12.4 Å². The molecule has 0 aliphatic carbocycles. The zero-order chi connectivity index (χ0) is 20.1. The van der Waals surface area contributed by atoms with Gasteiger partial charge in [0.2, 0.25) is 5.95 Å². The fourth-order valence-electron chi connectivity index (χ4n) is 2.86. The Morgan fingerprint density at radius 1 is 1.04 bits per heavy atom. The molecule has 0 saturated carbocycles. The maximum absolute atomic E-state index is 9.67. The van der Waals surface area contributed by atoms with E-state index in [0.29, 0.717) is 11.8 Å². The van der Waals surface area contributed by atoms with Gasteiger partial charge in [0.1, 0.15) is 5.82 Å². The minimum absolute atomic E-state index is 0.0141. The summed E-state index contributed by atoms with van der Waals surface area (Å²) < 4.78 is 0. The first-order valence-electron chi connectivity index (χ1n) is 9.48. The van der Waals surface area contributed by atoms with Crippen molar-refractivity contribution in [3.63, 3.8) is 0 Å². The lowest BCUT2D eigenvalue weighted by Crippen LogP contribution is -2.30. The van der Waals surface area contributed by atoms with Crippen molar-refractivity contribution in [2.24, 2.45) is 5.92 Å². The summed E-state index contributed by atoms with van der Waals surface area (Å²) in [6.07, 6.45) is 3.49. The molecule has 3 N–H and O–H groups in total. The molecule has 0 amide bonds. The lowest BCUT2D eigenvalue weighted by atomic mass is 10.1. The van der Waals surface area contributed by atoms with Gasteiger partial charge in [-0.3, -0.25) is 4.98 Å². The van der Waals surface area contributed by atoms with Gasteiger partial charge in [-0.2, -0.15) is 4.98 Å². The number of pyridine rings is 1. The standard InChI is InChI=1S/C22H27N5O/c1-14(2)20(13-28)26-22-25-19(17-8-10-23-11-9-17)12-21(27-22)24-18-7-5-6-15(3)16(18)4/h5-12,14,20,28H,13H2,1-4H3,(H2,24,25,26,27)/t20-/m0/s1. The van der Waals surface area contributed by atoms with Gasteiger partial charge in [-0.1, -0.05) is 26.0 Å². The number of nitrogens with one attached hydrogen (secondary N) is 2. The van der Waals surface area contributed by atoms with Gasteiger partial charge in [0, 0.05) is 29.7 Å². The Bertz CT molecular complexity index is 927. The molecule has 2 heterocycles. The van der Waals surface area contributed by atoms with E-state index in [9.17, 15) is 5.11 Å². The van der Waals surface area contributed by atoms with Crippen LogP contribution in [0.2, 0.25) is 0 Å². The zero-order valence-corrected chi connectivity index (χ0v) is 16.8. The van der Waals surface area contributed by atoms with E-state index < -0.39 is 0 Å². The lowest BCUT2D eigenvalue weighted by molar-refractivity contribution is 0.248. The fraction of sp³-hybridized carbons (Fsp3) is 0.318. The van der Waals surface area contributed by atoms with Gasteiger partial charge in [0.15, 0.2) is 0 Å². The molecule has 6 nitrogen and oxygen atoms in total. The van der Waals surface area contributed by atoms with Crippen molar-refractivity contribution in [2.45, 2.75) is 33.7 Å². The van der Waals surface area contributed by atoms with Gasteiger partial charge < -0.3 is 15.7 Å². The Morgan fingerprint density at radius 2 is 1.79 bits per heavy atom. The molecular formula is C22H27N5O. The number of aromatic nitrogens is 3.